The van der Waals surface area contributed by atoms with Crippen LogP contribution in [0.3, 0.4) is 0 Å². The summed E-state index contributed by atoms with van der Waals surface area (Å²) in [5, 5.41) is 17.6. The Morgan fingerprint density at radius 3 is 2.04 bits per heavy atom. The molecule has 18 heteroatoms. The first-order chi connectivity index (χ1) is 25.9. The molecule has 2 N–H and O–H groups in total. The molecule has 0 saturated heterocycles. The third-order valence-corrected chi connectivity index (χ3v) is 9.04. The van der Waals surface area contributed by atoms with Gasteiger partial charge in [0, 0.05) is 49.7 Å². The number of aromatic amines is 1. The van der Waals surface area contributed by atoms with E-state index < -0.39 is 6.02 Å². The quantitative estimate of drug-likeness (QED) is 0.241. The molecule has 8 rings (SSSR count). The third kappa shape index (κ3) is 7.29. The number of hydrogen-bond acceptors (Lipinski definition) is 14. The Morgan fingerprint density at radius 2 is 1.44 bits per heavy atom. The Hall–Kier alpha value is -6.72. The number of amides is 2. The van der Waals surface area contributed by atoms with Crippen molar-refractivity contribution in [3.8, 4) is 45.6 Å². The van der Waals surface area contributed by atoms with Gasteiger partial charge in [-0.3, -0.25) is 24.5 Å². The lowest BCUT2D eigenvalue weighted by atomic mass is 10.1. The van der Waals surface area contributed by atoms with Gasteiger partial charge in [-0.2, -0.15) is 5.10 Å². The van der Waals surface area contributed by atoms with Crippen molar-refractivity contribution < 1.29 is 11.0 Å². The molecule has 0 bridgehead atoms. The number of anilines is 4. The first kappa shape index (κ1) is 38.0. The molecule has 0 saturated carbocycles. The van der Waals surface area contributed by atoms with Gasteiger partial charge in [0.25, 0.3) is 5.91 Å². The summed E-state index contributed by atoms with van der Waals surface area (Å²) < 4.78 is 10.2. The number of H-pyrrole nitrogens is 1. The van der Waals surface area contributed by atoms with Gasteiger partial charge < -0.3 is 14.8 Å². The van der Waals surface area contributed by atoms with Crippen LogP contribution in [-0.2, 0) is 16.6 Å². The number of hydrogen-bond donors (Lipinski definition) is 2. The van der Waals surface area contributed by atoms with Crippen molar-refractivity contribution in [1.82, 2.24) is 59.8 Å². The van der Waals surface area contributed by atoms with E-state index in [1.54, 1.807) is 47.1 Å². The number of pyridine rings is 2. The van der Waals surface area contributed by atoms with Crippen LogP contribution in [0.25, 0.3) is 45.6 Å². The lowest BCUT2D eigenvalue weighted by molar-refractivity contribution is -0.120. The number of likely N-dealkylation sites (N-methyl/N-ethyl adjacent to an activating group) is 3. The largest absolute Gasteiger partial charge is 0.358 e. The van der Waals surface area contributed by atoms with E-state index in [9.17, 15) is 9.59 Å². The minimum atomic E-state index is -1.42. The summed E-state index contributed by atoms with van der Waals surface area (Å²) in [6.07, 6.45) is 6.41. The van der Waals surface area contributed by atoms with Gasteiger partial charge in [-0.05, 0) is 58.9 Å². The first-order valence-corrected chi connectivity index (χ1v) is 16.9. The summed E-state index contributed by atoms with van der Waals surface area (Å²) in [5.41, 5.74) is 5.94. The van der Waals surface area contributed by atoms with Crippen molar-refractivity contribution in [2.45, 2.75) is 55.5 Å². The lowest BCUT2D eigenvalue weighted by Crippen LogP contribution is -2.51. The number of nitrogens with one attached hydrogen (secondary N) is 2. The number of rotatable bonds is 6. The summed E-state index contributed by atoms with van der Waals surface area (Å²) in [6.45, 7) is 10.3. The van der Waals surface area contributed by atoms with Gasteiger partial charge in [0.2, 0.25) is 5.91 Å². The molecule has 0 spiro atoms. The van der Waals surface area contributed by atoms with Crippen molar-refractivity contribution in [3.05, 3.63) is 60.7 Å². The Bertz CT molecular complexity index is 2380. The second kappa shape index (κ2) is 16.1. The monoisotopic (exact) mass is 747 g/mol. The second-order valence-electron chi connectivity index (χ2n) is 12.3. The topological polar surface area (TPSA) is 206 Å². The molecular weight excluding hydrogens is 701 g/mol. The van der Waals surface area contributed by atoms with Crippen molar-refractivity contribution >= 4 is 35.1 Å². The number of aromatic nitrogens is 12. The predicted octanol–water partition coefficient (Wildman–Crippen LogP) is 4.52. The lowest BCUT2D eigenvalue weighted by Gasteiger charge is -2.37. The SMILES string of the molecule is C.C.CCN1C(=O)CNc2ncc(-c3ccc(-c4ncn[nH]4)nc3C)nc21.[2H]C1(C)C(=O)N(CC)c2nc(-c3ccc(-c4nncn4C)nc3C)cnc2N1C. The average molecular weight is 748 g/mol. The highest BCUT2D eigenvalue weighted by molar-refractivity contribution is 6.03. The number of carbonyl (C=O) groups excluding carboxylic acids is 2. The van der Waals surface area contributed by atoms with Gasteiger partial charge in [-0.25, -0.2) is 34.9 Å². The van der Waals surface area contributed by atoms with Gasteiger partial charge in [0.05, 0.1) is 31.7 Å². The van der Waals surface area contributed by atoms with Gasteiger partial charge >= 0.3 is 0 Å². The van der Waals surface area contributed by atoms with E-state index in [-0.39, 0.29) is 33.2 Å². The van der Waals surface area contributed by atoms with Crippen LogP contribution < -0.4 is 20.0 Å². The molecule has 2 amide bonds. The molecule has 2 aliphatic heterocycles. The fourth-order valence-electron chi connectivity index (χ4n) is 6.09. The van der Waals surface area contributed by atoms with Crippen molar-refractivity contribution in [3.63, 3.8) is 0 Å². The molecule has 0 fully saturated rings. The van der Waals surface area contributed by atoms with Gasteiger partial charge in [-0.15, -0.1) is 10.2 Å². The third-order valence-electron chi connectivity index (χ3n) is 9.04. The van der Waals surface area contributed by atoms with Crippen LogP contribution >= 0.6 is 0 Å². The molecule has 0 aliphatic carbocycles. The fraction of sp³-hybridized carbons (Fsp3) is 0.351. The van der Waals surface area contributed by atoms with Crippen LogP contribution in [0, 0.1) is 13.8 Å². The highest BCUT2D eigenvalue weighted by atomic mass is 16.2. The Balaban J connectivity index is 0.000000209. The Labute approximate surface area is 321 Å². The van der Waals surface area contributed by atoms with Crippen molar-refractivity contribution in [2.24, 2.45) is 7.05 Å². The highest BCUT2D eigenvalue weighted by Crippen LogP contribution is 2.34. The molecule has 0 aromatic carbocycles. The van der Waals surface area contributed by atoms with E-state index in [1.807, 2.05) is 59.0 Å². The molecule has 1 unspecified atom stereocenters. The zero-order valence-corrected chi connectivity index (χ0v) is 30.3. The predicted molar refractivity (Wildman–Crippen MR) is 211 cm³/mol. The van der Waals surface area contributed by atoms with E-state index in [1.165, 1.54) is 11.2 Å². The van der Waals surface area contributed by atoms with E-state index >= 15 is 0 Å². The van der Waals surface area contributed by atoms with Gasteiger partial charge in [0.15, 0.2) is 34.9 Å². The maximum absolute atomic E-state index is 12.8. The number of aryl methyl sites for hydroxylation is 3. The summed E-state index contributed by atoms with van der Waals surface area (Å²) in [6, 6.07) is 6.13. The van der Waals surface area contributed by atoms with Gasteiger partial charge in [-0.1, -0.05) is 14.9 Å². The molecule has 286 valence electrons. The molecule has 2 aliphatic rings. The van der Waals surface area contributed by atoms with Gasteiger partial charge in [0.1, 0.15) is 30.1 Å². The first-order valence-electron chi connectivity index (χ1n) is 17.4. The highest BCUT2D eigenvalue weighted by Gasteiger charge is 2.35. The fourth-order valence-corrected chi connectivity index (χ4v) is 6.09. The van der Waals surface area contributed by atoms with Crippen LogP contribution in [-0.4, -0.2) is 104 Å². The minimum absolute atomic E-state index is 0. The summed E-state index contributed by atoms with van der Waals surface area (Å²) in [7, 11) is 3.55. The molecule has 0 radical (unpaired) electrons. The van der Waals surface area contributed by atoms with E-state index in [4.69, 9.17) is 6.35 Å². The zero-order chi connectivity index (χ0) is 38.3. The zero-order valence-electron chi connectivity index (χ0n) is 31.3. The van der Waals surface area contributed by atoms with Crippen LogP contribution in [0.4, 0.5) is 23.3 Å². The van der Waals surface area contributed by atoms with E-state index in [0.717, 1.165) is 22.5 Å². The van der Waals surface area contributed by atoms with Crippen molar-refractivity contribution in [2.75, 3.05) is 46.7 Å². The summed E-state index contributed by atoms with van der Waals surface area (Å²) in [5.74, 6) is 3.08. The van der Waals surface area contributed by atoms with Crippen LogP contribution in [0.1, 0.15) is 48.4 Å². The minimum Gasteiger partial charge on any atom is -0.358 e. The average Bonchev–Trinajstić information content (AvgIpc) is 3.87. The normalized spacial score (nSPS) is 16.1. The van der Waals surface area contributed by atoms with Crippen LogP contribution in [0.5, 0.6) is 0 Å². The maximum atomic E-state index is 12.8. The van der Waals surface area contributed by atoms with E-state index in [0.29, 0.717) is 70.8 Å². The molecule has 6 aromatic rings. The standard InChI is InChI=1S/C19H22N8O.C16H16N8O.2CH4/c1-6-27-18-17(26(5)12(3)19(27)28)20-9-15(23-18)13-7-8-14(22-11(13)2)16-24-21-10-25(16)4;1-3-24-13(25)7-18-15-16(24)22-12(6-17-15)10-4-5-11(21-9(10)2)14-19-8-20-23-14;;/h7-10,12H,6H2,1-5H3;4-6,8H,3,7H2,1-2H3,(H,17,18)(H,19,20,23);2*1H4/i12D;;;. The molecule has 55 heavy (non-hydrogen) atoms. The van der Waals surface area contributed by atoms with Crippen molar-refractivity contribution in [1.29, 1.82) is 0 Å². The number of fused-ring (bicyclic) bond motifs is 2. The van der Waals surface area contributed by atoms with Crippen LogP contribution in [0.2, 0.25) is 0 Å². The number of nitrogens with zero attached hydrogens (tertiary/aromatic N) is 14. The number of carbonyl (C=O) groups is 2. The summed E-state index contributed by atoms with van der Waals surface area (Å²) in [4.78, 5) is 61.1. The smallest absolute Gasteiger partial charge is 0.250 e. The van der Waals surface area contributed by atoms with E-state index in [2.05, 4.69) is 55.6 Å². The Kier molecular flexibility index (Phi) is 11.1. The molecular formula is C37H46N16O2. The molecule has 18 nitrogen and oxygen atoms in total. The molecule has 1 atom stereocenters. The van der Waals surface area contributed by atoms with Crippen LogP contribution in [0.15, 0.2) is 49.3 Å². The molecule has 8 heterocycles. The Morgan fingerprint density at radius 1 is 0.800 bits per heavy atom. The maximum Gasteiger partial charge on any atom is 0.250 e. The summed E-state index contributed by atoms with van der Waals surface area (Å²) >= 11 is 0. The second-order valence-corrected chi connectivity index (χ2v) is 12.3. The molecule has 6 aromatic heterocycles.